The number of nitrogens with one attached hydrogen (secondary N) is 2. The molecule has 0 bridgehead atoms. The van der Waals surface area contributed by atoms with Crippen LogP contribution < -0.4 is 10.6 Å². The van der Waals surface area contributed by atoms with Gasteiger partial charge in [-0.05, 0) is 25.3 Å². The summed E-state index contributed by atoms with van der Waals surface area (Å²) in [6.45, 7) is 2.48. The molecule has 112 valence electrons. The maximum absolute atomic E-state index is 11.9. The minimum absolute atomic E-state index is 0.0288. The Morgan fingerprint density at radius 2 is 2.00 bits per heavy atom. The van der Waals surface area contributed by atoms with Gasteiger partial charge in [0.15, 0.2) is 0 Å². The van der Waals surface area contributed by atoms with Crippen molar-refractivity contribution < 1.29 is 14.6 Å². The lowest BCUT2D eigenvalue weighted by atomic mass is 10.1. The summed E-state index contributed by atoms with van der Waals surface area (Å²) in [6, 6.07) is 9.35. The molecule has 1 aromatic rings. The van der Waals surface area contributed by atoms with E-state index in [1.165, 1.54) is 0 Å². The smallest absolute Gasteiger partial charge is 0.315 e. The van der Waals surface area contributed by atoms with Crippen LogP contribution in [-0.4, -0.2) is 37.5 Å². The van der Waals surface area contributed by atoms with Gasteiger partial charge >= 0.3 is 6.03 Å². The van der Waals surface area contributed by atoms with Gasteiger partial charge in [-0.25, -0.2) is 4.79 Å². The highest BCUT2D eigenvalue weighted by molar-refractivity contribution is 5.74. The molecule has 5 heteroatoms. The monoisotopic (exact) mass is 280 g/mol. The molecular formula is C15H24N2O3. The SMILES string of the molecule is COCC(NC(=O)NC(C)CCCO)c1ccccc1. The van der Waals surface area contributed by atoms with Crippen molar-refractivity contribution in [2.75, 3.05) is 20.3 Å². The van der Waals surface area contributed by atoms with Gasteiger partial charge in [0.05, 0.1) is 12.6 Å². The number of aliphatic hydroxyl groups excluding tert-OH is 1. The largest absolute Gasteiger partial charge is 0.396 e. The van der Waals surface area contributed by atoms with Crippen molar-refractivity contribution in [2.24, 2.45) is 0 Å². The molecule has 3 N–H and O–H groups in total. The van der Waals surface area contributed by atoms with E-state index < -0.39 is 0 Å². The summed E-state index contributed by atoms with van der Waals surface area (Å²) in [7, 11) is 1.61. The maximum Gasteiger partial charge on any atom is 0.315 e. The molecule has 0 aliphatic rings. The fraction of sp³-hybridized carbons (Fsp3) is 0.533. The predicted molar refractivity (Wildman–Crippen MR) is 78.5 cm³/mol. The van der Waals surface area contributed by atoms with Gasteiger partial charge in [0.2, 0.25) is 0 Å². The molecule has 0 aliphatic carbocycles. The molecule has 0 spiro atoms. The maximum atomic E-state index is 11.9. The fourth-order valence-corrected chi connectivity index (χ4v) is 1.97. The third-order valence-corrected chi connectivity index (χ3v) is 3.01. The van der Waals surface area contributed by atoms with Gasteiger partial charge in [-0.3, -0.25) is 0 Å². The van der Waals surface area contributed by atoms with Crippen molar-refractivity contribution in [3.8, 4) is 0 Å². The predicted octanol–water partition coefficient (Wildman–Crippen LogP) is 1.83. The first kappa shape index (κ1) is 16.5. The van der Waals surface area contributed by atoms with Gasteiger partial charge < -0.3 is 20.5 Å². The number of rotatable bonds is 8. The second-order valence-electron chi connectivity index (χ2n) is 4.80. The van der Waals surface area contributed by atoms with Crippen LogP contribution in [0, 0.1) is 0 Å². The van der Waals surface area contributed by atoms with E-state index in [1.54, 1.807) is 7.11 Å². The highest BCUT2D eigenvalue weighted by Crippen LogP contribution is 2.12. The minimum Gasteiger partial charge on any atom is -0.396 e. The topological polar surface area (TPSA) is 70.6 Å². The molecule has 2 amide bonds. The first-order chi connectivity index (χ1) is 9.67. The summed E-state index contributed by atoms with van der Waals surface area (Å²) >= 11 is 0. The first-order valence-corrected chi connectivity index (χ1v) is 6.89. The molecule has 2 atom stereocenters. The minimum atomic E-state index is -0.221. The molecule has 2 unspecified atom stereocenters. The van der Waals surface area contributed by atoms with Crippen molar-refractivity contribution in [2.45, 2.75) is 31.8 Å². The van der Waals surface area contributed by atoms with E-state index in [4.69, 9.17) is 9.84 Å². The normalized spacial score (nSPS) is 13.6. The van der Waals surface area contributed by atoms with Crippen molar-refractivity contribution in [3.05, 3.63) is 35.9 Å². The molecule has 1 aromatic carbocycles. The van der Waals surface area contributed by atoms with Crippen LogP contribution in [0.15, 0.2) is 30.3 Å². The zero-order chi connectivity index (χ0) is 14.8. The van der Waals surface area contributed by atoms with Crippen LogP contribution in [-0.2, 0) is 4.74 Å². The van der Waals surface area contributed by atoms with Gasteiger partial charge in [-0.1, -0.05) is 30.3 Å². The lowest BCUT2D eigenvalue weighted by Gasteiger charge is -2.21. The van der Waals surface area contributed by atoms with Gasteiger partial charge in [-0.2, -0.15) is 0 Å². The summed E-state index contributed by atoms with van der Waals surface area (Å²) in [4.78, 5) is 11.9. The van der Waals surface area contributed by atoms with Gasteiger partial charge in [0, 0.05) is 19.8 Å². The highest BCUT2D eigenvalue weighted by atomic mass is 16.5. The molecular weight excluding hydrogens is 256 g/mol. The number of urea groups is 1. The first-order valence-electron chi connectivity index (χ1n) is 6.89. The fourth-order valence-electron chi connectivity index (χ4n) is 1.97. The van der Waals surface area contributed by atoms with Crippen molar-refractivity contribution in [1.29, 1.82) is 0 Å². The lowest BCUT2D eigenvalue weighted by Crippen LogP contribution is -2.43. The standard InChI is InChI=1S/C15H24N2O3/c1-12(7-6-10-18)16-15(19)17-14(11-20-2)13-8-4-3-5-9-13/h3-5,8-9,12,14,18H,6-7,10-11H2,1-2H3,(H2,16,17,19). The molecule has 0 fully saturated rings. The number of carbonyl (C=O) groups excluding carboxylic acids is 1. The van der Waals surface area contributed by atoms with Crippen molar-refractivity contribution >= 4 is 6.03 Å². The Bertz CT molecular complexity index is 384. The van der Waals surface area contributed by atoms with E-state index in [2.05, 4.69) is 10.6 Å². The highest BCUT2D eigenvalue weighted by Gasteiger charge is 2.15. The second kappa shape index (κ2) is 9.34. The van der Waals surface area contributed by atoms with Crippen molar-refractivity contribution in [1.82, 2.24) is 10.6 Å². The Hall–Kier alpha value is -1.59. The average molecular weight is 280 g/mol. The number of hydrogen-bond acceptors (Lipinski definition) is 3. The Kier molecular flexibility index (Phi) is 7.69. The average Bonchev–Trinajstić information content (AvgIpc) is 2.45. The zero-order valence-corrected chi connectivity index (χ0v) is 12.1. The number of amides is 2. The van der Waals surface area contributed by atoms with E-state index in [9.17, 15) is 4.79 Å². The number of benzene rings is 1. The summed E-state index contributed by atoms with van der Waals surface area (Å²) in [5.41, 5.74) is 1.01. The number of ether oxygens (including phenoxy) is 1. The molecule has 0 aromatic heterocycles. The van der Waals surface area contributed by atoms with Gasteiger partial charge in [0.25, 0.3) is 0 Å². The summed E-state index contributed by atoms with van der Waals surface area (Å²) in [5, 5.41) is 14.5. The molecule has 0 saturated heterocycles. The van der Waals surface area contributed by atoms with Crippen LogP contribution in [0.1, 0.15) is 31.4 Å². The van der Waals surface area contributed by atoms with Crippen LogP contribution in [0.3, 0.4) is 0 Å². The zero-order valence-electron chi connectivity index (χ0n) is 12.1. The molecule has 20 heavy (non-hydrogen) atoms. The van der Waals surface area contributed by atoms with E-state index in [-0.39, 0.29) is 24.7 Å². The number of methoxy groups -OCH3 is 1. The van der Waals surface area contributed by atoms with E-state index >= 15 is 0 Å². The molecule has 0 radical (unpaired) electrons. The van der Waals surface area contributed by atoms with Crippen LogP contribution >= 0.6 is 0 Å². The van der Waals surface area contributed by atoms with Crippen LogP contribution in [0.5, 0.6) is 0 Å². The van der Waals surface area contributed by atoms with Gasteiger partial charge in [0.1, 0.15) is 0 Å². The second-order valence-corrected chi connectivity index (χ2v) is 4.80. The third-order valence-electron chi connectivity index (χ3n) is 3.01. The third kappa shape index (κ3) is 6.04. The summed E-state index contributed by atoms with van der Waals surface area (Å²) in [6.07, 6.45) is 1.44. The quantitative estimate of drug-likeness (QED) is 0.680. The summed E-state index contributed by atoms with van der Waals surface area (Å²) < 4.78 is 5.15. The summed E-state index contributed by atoms with van der Waals surface area (Å²) in [5.74, 6) is 0. The van der Waals surface area contributed by atoms with E-state index in [0.29, 0.717) is 13.0 Å². The van der Waals surface area contributed by atoms with Crippen molar-refractivity contribution in [3.63, 3.8) is 0 Å². The Labute approximate surface area is 120 Å². The van der Waals surface area contributed by atoms with E-state index in [1.807, 2.05) is 37.3 Å². The van der Waals surface area contributed by atoms with Crippen LogP contribution in [0.25, 0.3) is 0 Å². The Morgan fingerprint density at radius 1 is 1.30 bits per heavy atom. The van der Waals surface area contributed by atoms with E-state index in [0.717, 1.165) is 12.0 Å². The van der Waals surface area contributed by atoms with Gasteiger partial charge in [-0.15, -0.1) is 0 Å². The molecule has 5 nitrogen and oxygen atoms in total. The molecule has 0 saturated carbocycles. The molecule has 0 aliphatic heterocycles. The number of aliphatic hydroxyl groups is 1. The molecule has 1 rings (SSSR count). The Balaban J connectivity index is 2.51. The van der Waals surface area contributed by atoms with Crippen LogP contribution in [0.2, 0.25) is 0 Å². The number of carbonyl (C=O) groups is 1. The molecule has 0 heterocycles. The Morgan fingerprint density at radius 3 is 2.60 bits per heavy atom. The van der Waals surface area contributed by atoms with Crippen LogP contribution in [0.4, 0.5) is 4.79 Å². The number of hydrogen-bond donors (Lipinski definition) is 3. The lowest BCUT2D eigenvalue weighted by molar-refractivity contribution is 0.165.